The Morgan fingerprint density at radius 2 is 2.14 bits per heavy atom. The Labute approximate surface area is 167 Å². The van der Waals surface area contributed by atoms with Crippen molar-refractivity contribution in [1.29, 1.82) is 5.26 Å². The normalized spacial score (nSPS) is 11.8. The summed E-state index contributed by atoms with van der Waals surface area (Å²) >= 11 is 1.28. The fourth-order valence-electron chi connectivity index (χ4n) is 2.61. The van der Waals surface area contributed by atoms with Crippen LogP contribution in [0.25, 0.3) is 0 Å². The van der Waals surface area contributed by atoms with Gasteiger partial charge in [0.15, 0.2) is 0 Å². The van der Waals surface area contributed by atoms with Gasteiger partial charge in [-0.1, -0.05) is 29.5 Å². The number of furan rings is 1. The van der Waals surface area contributed by atoms with E-state index < -0.39 is 5.25 Å². The molecule has 0 bridgehead atoms. The van der Waals surface area contributed by atoms with Crippen molar-refractivity contribution in [2.24, 2.45) is 0 Å². The molecule has 0 spiro atoms. The molecule has 0 aliphatic heterocycles. The zero-order chi connectivity index (χ0) is 19.9. The van der Waals surface area contributed by atoms with Gasteiger partial charge in [0.2, 0.25) is 11.1 Å². The average molecular weight is 396 g/mol. The van der Waals surface area contributed by atoms with Crippen molar-refractivity contribution in [3.05, 3.63) is 54.0 Å². The van der Waals surface area contributed by atoms with E-state index in [9.17, 15) is 4.79 Å². The molecule has 144 valence electrons. The zero-order valence-corrected chi connectivity index (χ0v) is 16.5. The van der Waals surface area contributed by atoms with Gasteiger partial charge in [0.05, 0.1) is 24.0 Å². The first-order valence-electron chi connectivity index (χ1n) is 8.78. The van der Waals surface area contributed by atoms with Crippen LogP contribution >= 0.6 is 11.8 Å². The Hall–Kier alpha value is -3.12. The molecule has 3 aromatic rings. The number of carbonyl (C=O) groups is 1. The predicted molar refractivity (Wildman–Crippen MR) is 105 cm³/mol. The Morgan fingerprint density at radius 3 is 2.82 bits per heavy atom. The number of nitriles is 1. The second kappa shape index (κ2) is 9.19. The standard InChI is InChI=1S/C19H20N6O2S/c1-14-6-8-16(9-7-14)24(11-4-10-20)18(26)15(2)28-19-21-22-23-25(19)13-17-5-3-12-27-17/h3,5-9,12,15H,4,11,13H2,1-2H3. The van der Waals surface area contributed by atoms with Crippen LogP contribution in [-0.2, 0) is 11.3 Å². The Bertz CT molecular complexity index is 946. The van der Waals surface area contributed by atoms with E-state index in [1.165, 1.54) is 11.8 Å². The van der Waals surface area contributed by atoms with Crippen LogP contribution < -0.4 is 4.90 Å². The summed E-state index contributed by atoms with van der Waals surface area (Å²) in [5.74, 6) is 0.625. The second-order valence-electron chi connectivity index (χ2n) is 6.19. The van der Waals surface area contributed by atoms with Gasteiger partial charge in [0.25, 0.3) is 0 Å². The molecule has 1 unspecified atom stereocenters. The maximum atomic E-state index is 13.1. The lowest BCUT2D eigenvalue weighted by molar-refractivity contribution is -0.117. The van der Waals surface area contributed by atoms with Crippen molar-refractivity contribution in [2.45, 2.75) is 37.2 Å². The van der Waals surface area contributed by atoms with Crippen LogP contribution in [0.4, 0.5) is 5.69 Å². The fourth-order valence-corrected chi connectivity index (χ4v) is 3.46. The van der Waals surface area contributed by atoms with E-state index in [-0.39, 0.29) is 12.3 Å². The van der Waals surface area contributed by atoms with Crippen molar-refractivity contribution in [1.82, 2.24) is 20.2 Å². The van der Waals surface area contributed by atoms with E-state index in [2.05, 4.69) is 21.6 Å². The summed E-state index contributed by atoms with van der Waals surface area (Å²) in [5, 5.41) is 20.8. The zero-order valence-electron chi connectivity index (χ0n) is 15.6. The molecule has 1 atom stereocenters. The number of thioether (sulfide) groups is 1. The van der Waals surface area contributed by atoms with Crippen LogP contribution in [0.2, 0.25) is 0 Å². The van der Waals surface area contributed by atoms with Gasteiger partial charge in [-0.15, -0.1) is 5.10 Å². The molecular weight excluding hydrogens is 376 g/mol. The summed E-state index contributed by atoms with van der Waals surface area (Å²) in [4.78, 5) is 14.7. The van der Waals surface area contributed by atoms with Crippen molar-refractivity contribution in [3.63, 3.8) is 0 Å². The second-order valence-corrected chi connectivity index (χ2v) is 7.50. The highest BCUT2D eigenvalue weighted by Crippen LogP contribution is 2.25. The molecule has 0 fully saturated rings. The first-order chi connectivity index (χ1) is 13.6. The fraction of sp³-hybridized carbons (Fsp3) is 0.316. The molecule has 3 rings (SSSR count). The Kier molecular flexibility index (Phi) is 6.45. The van der Waals surface area contributed by atoms with Crippen molar-refractivity contribution in [3.8, 4) is 6.07 Å². The van der Waals surface area contributed by atoms with Crippen LogP contribution in [0.5, 0.6) is 0 Å². The first-order valence-corrected chi connectivity index (χ1v) is 9.66. The number of hydrogen-bond donors (Lipinski definition) is 0. The number of carbonyl (C=O) groups excluding carboxylic acids is 1. The molecular formula is C19H20N6O2S. The molecule has 0 N–H and O–H groups in total. The number of anilines is 1. The molecule has 0 saturated heterocycles. The SMILES string of the molecule is Cc1ccc(N(CCC#N)C(=O)C(C)Sc2nnnn2Cc2ccco2)cc1. The van der Waals surface area contributed by atoms with Crippen molar-refractivity contribution >= 4 is 23.4 Å². The minimum atomic E-state index is -0.429. The lowest BCUT2D eigenvalue weighted by Crippen LogP contribution is -2.37. The Balaban J connectivity index is 1.74. The van der Waals surface area contributed by atoms with Gasteiger partial charge in [-0.05, 0) is 48.5 Å². The van der Waals surface area contributed by atoms with Gasteiger partial charge < -0.3 is 9.32 Å². The summed E-state index contributed by atoms with van der Waals surface area (Å²) in [6.07, 6.45) is 1.85. The summed E-state index contributed by atoms with van der Waals surface area (Å²) in [5.41, 5.74) is 1.88. The number of rotatable bonds is 8. The number of nitrogens with zero attached hydrogens (tertiary/aromatic N) is 6. The van der Waals surface area contributed by atoms with Gasteiger partial charge in [0, 0.05) is 12.2 Å². The van der Waals surface area contributed by atoms with Gasteiger partial charge in [-0.2, -0.15) is 5.26 Å². The topological polar surface area (TPSA) is 101 Å². The number of aryl methyl sites for hydroxylation is 1. The summed E-state index contributed by atoms with van der Waals surface area (Å²) < 4.78 is 6.93. The minimum Gasteiger partial charge on any atom is -0.467 e. The lowest BCUT2D eigenvalue weighted by atomic mass is 10.2. The number of amides is 1. The molecule has 2 aromatic heterocycles. The van der Waals surface area contributed by atoms with Gasteiger partial charge >= 0.3 is 0 Å². The van der Waals surface area contributed by atoms with Crippen LogP contribution in [0, 0.1) is 18.3 Å². The number of aromatic nitrogens is 4. The van der Waals surface area contributed by atoms with Crippen molar-refractivity contribution < 1.29 is 9.21 Å². The predicted octanol–water partition coefficient (Wildman–Crippen LogP) is 3.05. The highest BCUT2D eigenvalue weighted by molar-refractivity contribution is 8.00. The molecule has 0 aliphatic carbocycles. The summed E-state index contributed by atoms with van der Waals surface area (Å²) in [6, 6.07) is 13.4. The van der Waals surface area contributed by atoms with E-state index in [4.69, 9.17) is 9.68 Å². The van der Waals surface area contributed by atoms with Gasteiger partial charge in [-0.25, -0.2) is 4.68 Å². The molecule has 0 saturated carbocycles. The Morgan fingerprint density at radius 1 is 1.36 bits per heavy atom. The van der Waals surface area contributed by atoms with Crippen LogP contribution in [0.3, 0.4) is 0 Å². The van der Waals surface area contributed by atoms with Crippen LogP contribution in [0.1, 0.15) is 24.7 Å². The van der Waals surface area contributed by atoms with Crippen LogP contribution in [-0.4, -0.2) is 37.9 Å². The number of benzene rings is 1. The quantitative estimate of drug-likeness (QED) is 0.539. The van der Waals surface area contributed by atoms with E-state index >= 15 is 0 Å². The van der Waals surface area contributed by atoms with Crippen LogP contribution in [0.15, 0.2) is 52.2 Å². The monoisotopic (exact) mass is 396 g/mol. The van der Waals surface area contributed by atoms with E-state index in [1.54, 1.807) is 21.9 Å². The number of hydrogen-bond acceptors (Lipinski definition) is 7. The summed E-state index contributed by atoms with van der Waals surface area (Å²) in [6.45, 7) is 4.52. The maximum absolute atomic E-state index is 13.1. The van der Waals surface area contributed by atoms with Gasteiger partial charge in [-0.3, -0.25) is 4.79 Å². The highest BCUT2D eigenvalue weighted by atomic mass is 32.2. The molecule has 2 heterocycles. The summed E-state index contributed by atoms with van der Waals surface area (Å²) in [7, 11) is 0. The molecule has 1 aromatic carbocycles. The molecule has 28 heavy (non-hydrogen) atoms. The van der Waals surface area contributed by atoms with Gasteiger partial charge in [0.1, 0.15) is 12.3 Å². The minimum absolute atomic E-state index is 0.100. The number of tetrazole rings is 1. The third kappa shape index (κ3) is 4.78. The van der Waals surface area contributed by atoms with E-state index in [0.717, 1.165) is 17.0 Å². The third-order valence-electron chi connectivity index (χ3n) is 4.07. The van der Waals surface area contributed by atoms with E-state index in [0.29, 0.717) is 18.2 Å². The molecule has 1 amide bonds. The first kappa shape index (κ1) is 19.6. The average Bonchev–Trinajstić information content (AvgIpc) is 3.36. The van der Waals surface area contributed by atoms with E-state index in [1.807, 2.05) is 44.2 Å². The molecule has 0 radical (unpaired) electrons. The third-order valence-corrected chi connectivity index (χ3v) is 5.13. The lowest BCUT2D eigenvalue weighted by Gasteiger charge is -2.24. The van der Waals surface area contributed by atoms with Crippen molar-refractivity contribution in [2.75, 3.05) is 11.4 Å². The largest absolute Gasteiger partial charge is 0.467 e. The molecule has 0 aliphatic rings. The molecule has 8 nitrogen and oxygen atoms in total. The maximum Gasteiger partial charge on any atom is 0.240 e. The highest BCUT2D eigenvalue weighted by Gasteiger charge is 2.25. The smallest absolute Gasteiger partial charge is 0.240 e. The molecule has 9 heteroatoms.